The van der Waals surface area contributed by atoms with Crippen LogP contribution in [0, 0.1) is 0 Å². The molecule has 0 aliphatic rings. The SMILES string of the molecule is C=CCCCN(C)C(=NC)NCc1cc(OC)ccc1O. The number of nitrogens with zero attached hydrogens (tertiary/aromatic N) is 2. The van der Waals surface area contributed by atoms with Crippen LogP contribution >= 0.6 is 0 Å². The van der Waals surface area contributed by atoms with Crippen LogP contribution in [0.3, 0.4) is 0 Å². The lowest BCUT2D eigenvalue weighted by molar-refractivity contribution is 0.410. The van der Waals surface area contributed by atoms with E-state index in [0.717, 1.165) is 36.7 Å². The second-order valence-corrected chi connectivity index (χ2v) is 4.75. The van der Waals surface area contributed by atoms with Gasteiger partial charge in [-0.25, -0.2) is 0 Å². The Hall–Kier alpha value is -2.17. The summed E-state index contributed by atoms with van der Waals surface area (Å²) in [4.78, 5) is 6.30. The molecule has 0 unspecified atom stereocenters. The Morgan fingerprint density at radius 1 is 1.52 bits per heavy atom. The molecule has 0 heterocycles. The Kier molecular flexibility index (Phi) is 7.15. The molecule has 21 heavy (non-hydrogen) atoms. The van der Waals surface area contributed by atoms with E-state index >= 15 is 0 Å². The summed E-state index contributed by atoms with van der Waals surface area (Å²) in [6.07, 6.45) is 3.93. The number of aliphatic imine (C=N–C) groups is 1. The molecular formula is C16H25N3O2. The predicted molar refractivity (Wildman–Crippen MR) is 86.9 cm³/mol. The molecule has 0 amide bonds. The van der Waals surface area contributed by atoms with Crippen LogP contribution in [0.4, 0.5) is 0 Å². The first-order valence-electron chi connectivity index (χ1n) is 7.01. The third-order valence-corrected chi connectivity index (χ3v) is 3.20. The molecule has 1 aromatic rings. The number of guanidine groups is 1. The second kappa shape index (κ2) is 8.89. The van der Waals surface area contributed by atoms with Crippen molar-refractivity contribution in [3.05, 3.63) is 36.4 Å². The minimum Gasteiger partial charge on any atom is -0.508 e. The van der Waals surface area contributed by atoms with Gasteiger partial charge in [-0.2, -0.15) is 0 Å². The van der Waals surface area contributed by atoms with Crippen molar-refractivity contribution >= 4 is 5.96 Å². The molecule has 116 valence electrons. The van der Waals surface area contributed by atoms with Crippen LogP contribution in [0.25, 0.3) is 0 Å². The number of methoxy groups -OCH3 is 1. The topological polar surface area (TPSA) is 57.1 Å². The molecule has 0 aliphatic heterocycles. The average molecular weight is 291 g/mol. The molecule has 5 nitrogen and oxygen atoms in total. The van der Waals surface area contributed by atoms with Crippen LogP contribution in [0.1, 0.15) is 18.4 Å². The molecule has 2 N–H and O–H groups in total. The monoisotopic (exact) mass is 291 g/mol. The summed E-state index contributed by atoms with van der Waals surface area (Å²) in [5, 5.41) is 13.1. The number of nitrogens with one attached hydrogen (secondary N) is 1. The first-order valence-corrected chi connectivity index (χ1v) is 7.01. The molecule has 1 rings (SSSR count). The lowest BCUT2D eigenvalue weighted by atomic mass is 10.2. The van der Waals surface area contributed by atoms with Crippen LogP contribution < -0.4 is 10.1 Å². The van der Waals surface area contributed by atoms with Crippen LogP contribution in [0.2, 0.25) is 0 Å². The lowest BCUT2D eigenvalue weighted by Gasteiger charge is -2.22. The summed E-state index contributed by atoms with van der Waals surface area (Å²) >= 11 is 0. The molecule has 0 aromatic heterocycles. The number of rotatable bonds is 7. The van der Waals surface area contributed by atoms with E-state index in [0.29, 0.717) is 6.54 Å². The number of phenolic OH excluding ortho intramolecular Hbond substituents is 1. The van der Waals surface area contributed by atoms with Crippen LogP contribution in [0.5, 0.6) is 11.5 Å². The van der Waals surface area contributed by atoms with E-state index in [9.17, 15) is 5.11 Å². The van der Waals surface area contributed by atoms with Crippen LogP contribution in [-0.4, -0.2) is 43.7 Å². The zero-order valence-corrected chi connectivity index (χ0v) is 13.1. The zero-order chi connectivity index (χ0) is 15.7. The van der Waals surface area contributed by atoms with Crippen LogP contribution in [-0.2, 0) is 6.54 Å². The summed E-state index contributed by atoms with van der Waals surface area (Å²) in [6, 6.07) is 5.18. The zero-order valence-electron chi connectivity index (χ0n) is 13.1. The molecule has 1 aromatic carbocycles. The first kappa shape index (κ1) is 16.9. The van der Waals surface area contributed by atoms with E-state index in [2.05, 4.69) is 21.8 Å². The fourth-order valence-electron chi connectivity index (χ4n) is 1.97. The van der Waals surface area contributed by atoms with Gasteiger partial charge in [0, 0.05) is 32.7 Å². The molecule has 0 fully saturated rings. The Morgan fingerprint density at radius 2 is 2.29 bits per heavy atom. The molecule has 0 aliphatic carbocycles. The minimum atomic E-state index is 0.244. The van der Waals surface area contributed by atoms with Gasteiger partial charge in [0.25, 0.3) is 0 Å². The van der Waals surface area contributed by atoms with E-state index in [4.69, 9.17) is 4.74 Å². The summed E-state index contributed by atoms with van der Waals surface area (Å²) in [5.74, 6) is 1.76. The largest absolute Gasteiger partial charge is 0.508 e. The van der Waals surface area contributed by atoms with Crippen molar-refractivity contribution in [2.24, 2.45) is 4.99 Å². The molecule has 0 radical (unpaired) electrons. The van der Waals surface area contributed by atoms with Crippen molar-refractivity contribution in [1.29, 1.82) is 0 Å². The molecular weight excluding hydrogens is 266 g/mol. The number of ether oxygens (including phenoxy) is 1. The van der Waals surface area contributed by atoms with Gasteiger partial charge in [0.1, 0.15) is 11.5 Å². The third kappa shape index (κ3) is 5.38. The minimum absolute atomic E-state index is 0.244. The third-order valence-electron chi connectivity index (χ3n) is 3.20. The van der Waals surface area contributed by atoms with Crippen molar-refractivity contribution in [3.8, 4) is 11.5 Å². The van der Waals surface area contributed by atoms with Crippen molar-refractivity contribution in [2.75, 3.05) is 27.7 Å². The Morgan fingerprint density at radius 3 is 2.90 bits per heavy atom. The Bertz CT molecular complexity index is 486. The van der Waals surface area contributed by atoms with Crippen molar-refractivity contribution in [1.82, 2.24) is 10.2 Å². The highest BCUT2D eigenvalue weighted by Gasteiger charge is 2.08. The predicted octanol–water partition coefficient (Wildman–Crippen LogP) is 2.37. The maximum Gasteiger partial charge on any atom is 0.193 e. The number of allylic oxidation sites excluding steroid dienone is 1. The molecule has 0 bridgehead atoms. The van der Waals surface area contributed by atoms with E-state index in [1.165, 1.54) is 0 Å². The summed E-state index contributed by atoms with van der Waals surface area (Å²) in [6.45, 7) is 5.11. The normalized spacial score (nSPS) is 11.1. The average Bonchev–Trinajstić information content (AvgIpc) is 2.49. The van der Waals surface area contributed by atoms with Gasteiger partial charge in [0.05, 0.1) is 7.11 Å². The van der Waals surface area contributed by atoms with Gasteiger partial charge in [0.2, 0.25) is 0 Å². The van der Waals surface area contributed by atoms with Crippen molar-refractivity contribution in [3.63, 3.8) is 0 Å². The highest BCUT2D eigenvalue weighted by molar-refractivity contribution is 5.79. The highest BCUT2D eigenvalue weighted by Crippen LogP contribution is 2.22. The first-order chi connectivity index (χ1) is 10.1. The summed E-state index contributed by atoms with van der Waals surface area (Å²) in [7, 11) is 5.34. The number of hydrogen-bond acceptors (Lipinski definition) is 3. The molecule has 5 heteroatoms. The lowest BCUT2D eigenvalue weighted by Crippen LogP contribution is -2.38. The van der Waals surface area contributed by atoms with E-state index in [-0.39, 0.29) is 5.75 Å². The maximum absolute atomic E-state index is 9.87. The quantitative estimate of drug-likeness (QED) is 0.350. The van der Waals surface area contributed by atoms with Gasteiger partial charge in [-0.05, 0) is 31.0 Å². The Balaban J connectivity index is 2.61. The molecule has 0 saturated carbocycles. The number of unbranched alkanes of at least 4 members (excludes halogenated alkanes) is 1. The van der Waals surface area contributed by atoms with Gasteiger partial charge >= 0.3 is 0 Å². The van der Waals surface area contributed by atoms with Gasteiger partial charge in [0.15, 0.2) is 5.96 Å². The second-order valence-electron chi connectivity index (χ2n) is 4.75. The van der Waals surface area contributed by atoms with Gasteiger partial charge < -0.3 is 20.1 Å². The Labute approximate surface area is 127 Å². The molecule has 0 atom stereocenters. The summed E-state index contributed by atoms with van der Waals surface area (Å²) in [5.41, 5.74) is 0.773. The molecule has 0 saturated heterocycles. The van der Waals surface area contributed by atoms with E-state index < -0.39 is 0 Å². The number of phenols is 1. The number of benzene rings is 1. The molecule has 0 spiro atoms. The van der Waals surface area contributed by atoms with E-state index in [1.54, 1.807) is 26.3 Å². The van der Waals surface area contributed by atoms with E-state index in [1.807, 2.05) is 19.2 Å². The highest BCUT2D eigenvalue weighted by atomic mass is 16.5. The van der Waals surface area contributed by atoms with Crippen LogP contribution in [0.15, 0.2) is 35.8 Å². The standard InChI is InChI=1S/C16H25N3O2/c1-5-6-7-10-19(3)16(17-2)18-12-13-11-14(21-4)8-9-15(13)20/h5,8-9,11,20H,1,6-7,10,12H2,2-4H3,(H,17,18). The fourth-order valence-corrected chi connectivity index (χ4v) is 1.97. The smallest absolute Gasteiger partial charge is 0.193 e. The van der Waals surface area contributed by atoms with Gasteiger partial charge in [-0.15, -0.1) is 6.58 Å². The van der Waals surface area contributed by atoms with Gasteiger partial charge in [-0.1, -0.05) is 6.08 Å². The summed E-state index contributed by atoms with van der Waals surface area (Å²) < 4.78 is 5.17. The number of aromatic hydroxyl groups is 1. The van der Waals surface area contributed by atoms with Crippen molar-refractivity contribution in [2.45, 2.75) is 19.4 Å². The maximum atomic E-state index is 9.87. The van der Waals surface area contributed by atoms with Gasteiger partial charge in [-0.3, -0.25) is 4.99 Å². The number of hydrogen-bond donors (Lipinski definition) is 2. The fraction of sp³-hybridized carbons (Fsp3) is 0.438. The van der Waals surface area contributed by atoms with Crippen molar-refractivity contribution < 1.29 is 9.84 Å².